The lowest BCUT2D eigenvalue weighted by Gasteiger charge is -2.30. The van der Waals surface area contributed by atoms with Gasteiger partial charge in [0.05, 0.1) is 17.5 Å². The van der Waals surface area contributed by atoms with Crippen molar-refractivity contribution in [2.24, 2.45) is 5.92 Å². The summed E-state index contributed by atoms with van der Waals surface area (Å²) in [7, 11) is 0. The molecule has 6 nitrogen and oxygen atoms in total. The van der Waals surface area contributed by atoms with Gasteiger partial charge in [0.2, 0.25) is 0 Å². The standard InChI is InChI=1S/C16H20Cl2N2O4/c17-12-2-3-14(13(18)10-12)24-9-1-6-19-16(23)20-7-4-11(5-8-20)15(21)22/h2-3,10-11H,1,4-9H2,(H,19,23)(H,21,22). The highest BCUT2D eigenvalue weighted by molar-refractivity contribution is 6.35. The van der Waals surface area contributed by atoms with Gasteiger partial charge in [-0.15, -0.1) is 0 Å². The lowest BCUT2D eigenvalue weighted by molar-refractivity contribution is -0.143. The Kier molecular flexibility index (Phi) is 6.99. The maximum Gasteiger partial charge on any atom is 0.317 e. The molecular formula is C16H20Cl2N2O4. The molecule has 0 bridgehead atoms. The third kappa shape index (κ3) is 5.46. The van der Waals surface area contributed by atoms with Crippen molar-refractivity contribution in [3.63, 3.8) is 0 Å². The Morgan fingerprint density at radius 1 is 1.29 bits per heavy atom. The average Bonchev–Trinajstić information content (AvgIpc) is 2.56. The van der Waals surface area contributed by atoms with Gasteiger partial charge >= 0.3 is 12.0 Å². The summed E-state index contributed by atoms with van der Waals surface area (Å²) in [6.45, 7) is 1.84. The van der Waals surface area contributed by atoms with Crippen molar-refractivity contribution >= 4 is 35.2 Å². The molecule has 0 spiro atoms. The second-order valence-electron chi connectivity index (χ2n) is 5.61. The first-order valence-electron chi connectivity index (χ1n) is 7.81. The van der Waals surface area contributed by atoms with Crippen molar-refractivity contribution in [2.45, 2.75) is 19.3 Å². The molecule has 2 rings (SSSR count). The van der Waals surface area contributed by atoms with Gasteiger partial charge < -0.3 is 20.1 Å². The van der Waals surface area contributed by atoms with Gasteiger partial charge in [-0.3, -0.25) is 4.79 Å². The number of nitrogens with zero attached hydrogens (tertiary/aromatic N) is 1. The number of urea groups is 1. The van der Waals surface area contributed by atoms with Crippen LogP contribution < -0.4 is 10.1 Å². The first-order chi connectivity index (χ1) is 11.5. The summed E-state index contributed by atoms with van der Waals surface area (Å²) >= 11 is 11.8. The summed E-state index contributed by atoms with van der Waals surface area (Å²) < 4.78 is 5.54. The van der Waals surface area contributed by atoms with Gasteiger partial charge in [0.1, 0.15) is 5.75 Å². The number of halogens is 2. The largest absolute Gasteiger partial charge is 0.492 e. The van der Waals surface area contributed by atoms with Crippen LogP contribution in [0.4, 0.5) is 4.79 Å². The van der Waals surface area contributed by atoms with E-state index < -0.39 is 5.97 Å². The Labute approximate surface area is 150 Å². The number of carboxylic acids is 1. The van der Waals surface area contributed by atoms with Crippen LogP contribution in [-0.2, 0) is 4.79 Å². The van der Waals surface area contributed by atoms with Gasteiger partial charge in [-0.2, -0.15) is 0 Å². The van der Waals surface area contributed by atoms with Crippen LogP contribution in [0.25, 0.3) is 0 Å². The van der Waals surface area contributed by atoms with Crippen molar-refractivity contribution in [1.82, 2.24) is 10.2 Å². The molecule has 24 heavy (non-hydrogen) atoms. The molecule has 1 aliphatic heterocycles. The predicted octanol–water partition coefficient (Wildman–Crippen LogP) is 3.27. The molecule has 2 N–H and O–H groups in total. The molecule has 0 radical (unpaired) electrons. The van der Waals surface area contributed by atoms with Crippen molar-refractivity contribution in [1.29, 1.82) is 0 Å². The molecule has 8 heteroatoms. The lowest BCUT2D eigenvalue weighted by atomic mass is 9.97. The topological polar surface area (TPSA) is 78.9 Å². The van der Waals surface area contributed by atoms with Gasteiger partial charge in [-0.05, 0) is 37.5 Å². The number of ether oxygens (including phenoxy) is 1. The lowest BCUT2D eigenvalue weighted by Crippen LogP contribution is -2.45. The summed E-state index contributed by atoms with van der Waals surface area (Å²) in [5.74, 6) is -0.567. The number of aliphatic carboxylic acids is 1. The van der Waals surface area contributed by atoms with Crippen LogP contribution in [0.1, 0.15) is 19.3 Å². The maximum atomic E-state index is 12.0. The smallest absolute Gasteiger partial charge is 0.317 e. The van der Waals surface area contributed by atoms with Gasteiger partial charge in [-0.25, -0.2) is 4.79 Å². The van der Waals surface area contributed by atoms with E-state index >= 15 is 0 Å². The van der Waals surface area contributed by atoms with E-state index in [2.05, 4.69) is 5.32 Å². The quantitative estimate of drug-likeness (QED) is 0.748. The zero-order valence-corrected chi connectivity index (χ0v) is 14.6. The number of carboxylic acid groups (broad SMARTS) is 1. The van der Waals surface area contributed by atoms with E-state index in [4.69, 9.17) is 33.0 Å². The minimum Gasteiger partial charge on any atom is -0.492 e. The summed E-state index contributed by atoms with van der Waals surface area (Å²) in [5, 5.41) is 12.8. The maximum absolute atomic E-state index is 12.0. The normalized spacial score (nSPS) is 15.2. The number of piperidine rings is 1. The van der Waals surface area contributed by atoms with Crippen molar-refractivity contribution < 1.29 is 19.4 Å². The Bertz CT molecular complexity index is 589. The minimum atomic E-state index is -0.784. The highest BCUT2D eigenvalue weighted by atomic mass is 35.5. The van der Waals surface area contributed by atoms with E-state index in [-0.39, 0.29) is 11.9 Å². The molecule has 1 aromatic rings. The molecular weight excluding hydrogens is 355 g/mol. The van der Waals surface area contributed by atoms with E-state index in [1.165, 1.54) is 0 Å². The summed E-state index contributed by atoms with van der Waals surface area (Å²) in [4.78, 5) is 24.5. The molecule has 1 aromatic carbocycles. The number of carbonyl (C=O) groups is 2. The number of likely N-dealkylation sites (tertiary alicyclic amines) is 1. The molecule has 1 saturated heterocycles. The van der Waals surface area contributed by atoms with E-state index in [1.807, 2.05) is 0 Å². The third-order valence-electron chi connectivity index (χ3n) is 3.88. The Morgan fingerprint density at radius 3 is 2.62 bits per heavy atom. The highest BCUT2D eigenvalue weighted by Gasteiger charge is 2.26. The van der Waals surface area contributed by atoms with E-state index in [9.17, 15) is 9.59 Å². The predicted molar refractivity (Wildman–Crippen MR) is 91.9 cm³/mol. The van der Waals surface area contributed by atoms with Crippen LogP contribution in [0.3, 0.4) is 0 Å². The summed E-state index contributed by atoms with van der Waals surface area (Å²) in [5.41, 5.74) is 0. The SMILES string of the molecule is O=C(O)C1CCN(C(=O)NCCCOc2ccc(Cl)cc2Cl)CC1. The molecule has 1 aliphatic rings. The van der Waals surface area contributed by atoms with Crippen LogP contribution in [-0.4, -0.2) is 48.2 Å². The summed E-state index contributed by atoms with van der Waals surface area (Å²) in [6.07, 6.45) is 1.64. The zero-order chi connectivity index (χ0) is 17.5. The van der Waals surface area contributed by atoms with Gasteiger partial charge in [0.15, 0.2) is 0 Å². The van der Waals surface area contributed by atoms with Crippen molar-refractivity contribution in [3.05, 3.63) is 28.2 Å². The number of hydrogen-bond donors (Lipinski definition) is 2. The molecule has 0 aromatic heterocycles. The van der Waals surface area contributed by atoms with E-state index in [1.54, 1.807) is 23.1 Å². The fraction of sp³-hybridized carbons (Fsp3) is 0.500. The van der Waals surface area contributed by atoms with Gasteiger partial charge in [0, 0.05) is 24.7 Å². The monoisotopic (exact) mass is 374 g/mol. The van der Waals surface area contributed by atoms with Crippen LogP contribution in [0.15, 0.2) is 18.2 Å². The molecule has 132 valence electrons. The number of nitrogens with one attached hydrogen (secondary N) is 1. The summed E-state index contributed by atoms with van der Waals surface area (Å²) in [6, 6.07) is 4.85. The highest BCUT2D eigenvalue weighted by Crippen LogP contribution is 2.27. The first kappa shape index (κ1) is 18.7. The average molecular weight is 375 g/mol. The third-order valence-corrected chi connectivity index (χ3v) is 4.41. The number of benzene rings is 1. The molecule has 0 unspecified atom stereocenters. The molecule has 0 saturated carbocycles. The fourth-order valence-corrected chi connectivity index (χ4v) is 2.95. The molecule has 0 atom stereocenters. The van der Waals surface area contributed by atoms with Crippen LogP contribution >= 0.6 is 23.2 Å². The van der Waals surface area contributed by atoms with Crippen molar-refractivity contribution in [2.75, 3.05) is 26.2 Å². The second-order valence-corrected chi connectivity index (χ2v) is 6.45. The second kappa shape index (κ2) is 8.99. The number of rotatable bonds is 6. The molecule has 1 fully saturated rings. The number of amides is 2. The van der Waals surface area contributed by atoms with Gasteiger partial charge in [0.25, 0.3) is 0 Å². The minimum absolute atomic E-state index is 0.164. The van der Waals surface area contributed by atoms with Gasteiger partial charge in [-0.1, -0.05) is 23.2 Å². The van der Waals surface area contributed by atoms with E-state index in [0.717, 1.165) is 0 Å². The zero-order valence-electron chi connectivity index (χ0n) is 13.1. The molecule has 2 amide bonds. The number of hydrogen-bond acceptors (Lipinski definition) is 3. The van der Waals surface area contributed by atoms with E-state index in [0.29, 0.717) is 61.3 Å². The van der Waals surface area contributed by atoms with Crippen molar-refractivity contribution in [3.8, 4) is 5.75 Å². The molecule has 0 aliphatic carbocycles. The fourth-order valence-electron chi connectivity index (χ4n) is 2.48. The van der Waals surface area contributed by atoms with Crippen LogP contribution in [0.2, 0.25) is 10.0 Å². The first-order valence-corrected chi connectivity index (χ1v) is 8.56. The Hall–Kier alpha value is -1.66. The molecule has 1 heterocycles. The Balaban J connectivity index is 1.62. The van der Waals surface area contributed by atoms with Crippen LogP contribution in [0, 0.1) is 5.92 Å². The number of carbonyl (C=O) groups excluding carboxylic acids is 1. The van der Waals surface area contributed by atoms with Crippen LogP contribution in [0.5, 0.6) is 5.75 Å². The Morgan fingerprint density at radius 2 is 2.00 bits per heavy atom.